The Hall–Kier alpha value is -0.0400. The van der Waals surface area contributed by atoms with Gasteiger partial charge in [0, 0.05) is 6.04 Å². The Morgan fingerprint density at radius 3 is 2.53 bits per heavy atom. The Kier molecular flexibility index (Phi) is 6.31. The van der Waals surface area contributed by atoms with Crippen LogP contribution >= 0.6 is 0 Å². The van der Waals surface area contributed by atoms with Crippen molar-refractivity contribution in [2.45, 2.75) is 71.8 Å². The van der Waals surface area contributed by atoms with Crippen LogP contribution in [-0.2, 0) is 0 Å². The highest BCUT2D eigenvalue weighted by Crippen LogP contribution is 2.22. The van der Waals surface area contributed by atoms with Gasteiger partial charge in [-0.3, -0.25) is 0 Å². The molecule has 1 fully saturated rings. The predicted molar refractivity (Wildman–Crippen MR) is 68.1 cm³/mol. The zero-order valence-electron chi connectivity index (χ0n) is 10.9. The van der Waals surface area contributed by atoms with Crippen LogP contribution in [-0.4, -0.2) is 12.6 Å². The highest BCUT2D eigenvalue weighted by Gasteiger charge is 2.16. The van der Waals surface area contributed by atoms with E-state index in [0.717, 1.165) is 17.9 Å². The Morgan fingerprint density at radius 2 is 1.80 bits per heavy atom. The molecule has 1 heterocycles. The summed E-state index contributed by atoms with van der Waals surface area (Å²) in [6, 6.07) is 0.760. The highest BCUT2D eigenvalue weighted by molar-refractivity contribution is 4.73. The third kappa shape index (κ3) is 5.01. The number of hydrogen-bond donors (Lipinski definition) is 1. The minimum atomic E-state index is 0.760. The lowest BCUT2D eigenvalue weighted by molar-refractivity contribution is 0.324. The fraction of sp³-hybridized carbons (Fsp3) is 1.00. The molecule has 1 aliphatic heterocycles. The van der Waals surface area contributed by atoms with Crippen LogP contribution in [0.4, 0.5) is 0 Å². The summed E-state index contributed by atoms with van der Waals surface area (Å²) in [6.45, 7) is 8.40. The van der Waals surface area contributed by atoms with E-state index in [0.29, 0.717) is 0 Å². The van der Waals surface area contributed by atoms with Crippen LogP contribution in [0.3, 0.4) is 0 Å². The second-order valence-corrected chi connectivity index (χ2v) is 5.48. The normalized spacial score (nSPS) is 35.8. The van der Waals surface area contributed by atoms with Crippen LogP contribution in [0.2, 0.25) is 0 Å². The van der Waals surface area contributed by atoms with Crippen molar-refractivity contribution in [2.75, 3.05) is 6.54 Å². The van der Waals surface area contributed by atoms with Crippen LogP contribution < -0.4 is 5.32 Å². The van der Waals surface area contributed by atoms with Crippen molar-refractivity contribution in [1.82, 2.24) is 5.32 Å². The molecule has 3 unspecified atom stereocenters. The molecule has 0 saturated carbocycles. The molecule has 0 aromatic carbocycles. The molecular weight excluding hydrogens is 182 g/mol. The van der Waals surface area contributed by atoms with Crippen molar-refractivity contribution in [3.05, 3.63) is 0 Å². The maximum Gasteiger partial charge on any atom is 0.00900 e. The van der Waals surface area contributed by atoms with Gasteiger partial charge in [-0.2, -0.15) is 0 Å². The van der Waals surface area contributed by atoms with Crippen molar-refractivity contribution >= 4 is 0 Å². The summed E-state index contributed by atoms with van der Waals surface area (Å²) in [6.07, 6.45) is 9.80. The molecule has 15 heavy (non-hydrogen) atoms. The molecule has 1 saturated heterocycles. The van der Waals surface area contributed by atoms with E-state index in [1.54, 1.807) is 0 Å². The Labute approximate surface area is 96.0 Å². The molecule has 1 nitrogen and oxygen atoms in total. The Balaban J connectivity index is 2.41. The molecule has 0 amide bonds. The van der Waals surface area contributed by atoms with E-state index in [-0.39, 0.29) is 0 Å². The van der Waals surface area contributed by atoms with Crippen molar-refractivity contribution in [2.24, 2.45) is 11.8 Å². The van der Waals surface area contributed by atoms with Gasteiger partial charge >= 0.3 is 0 Å². The standard InChI is InChI=1S/C14H29N/c1-4-14-13(3)10-9-12(2)8-6-5-7-11-15-14/h12-15H,4-11H2,1-3H3. The van der Waals surface area contributed by atoms with Crippen molar-refractivity contribution < 1.29 is 0 Å². The highest BCUT2D eigenvalue weighted by atomic mass is 14.9. The molecule has 0 spiro atoms. The van der Waals surface area contributed by atoms with Crippen molar-refractivity contribution in [3.63, 3.8) is 0 Å². The summed E-state index contributed by atoms with van der Waals surface area (Å²) >= 11 is 0. The first-order valence-electron chi connectivity index (χ1n) is 6.97. The van der Waals surface area contributed by atoms with Crippen LogP contribution in [0.1, 0.15) is 65.7 Å². The molecule has 0 aromatic rings. The molecule has 1 N–H and O–H groups in total. The van der Waals surface area contributed by atoms with Gasteiger partial charge in [0.2, 0.25) is 0 Å². The summed E-state index contributed by atoms with van der Waals surface area (Å²) < 4.78 is 0. The van der Waals surface area contributed by atoms with E-state index in [1.165, 1.54) is 51.5 Å². The van der Waals surface area contributed by atoms with Gasteiger partial charge in [0.1, 0.15) is 0 Å². The van der Waals surface area contributed by atoms with Gasteiger partial charge in [0.05, 0.1) is 0 Å². The molecule has 0 bridgehead atoms. The average Bonchev–Trinajstić information content (AvgIpc) is 2.27. The van der Waals surface area contributed by atoms with Crippen LogP contribution in [0.5, 0.6) is 0 Å². The van der Waals surface area contributed by atoms with Crippen LogP contribution in [0.25, 0.3) is 0 Å². The molecule has 90 valence electrons. The quantitative estimate of drug-likeness (QED) is 0.692. The minimum Gasteiger partial charge on any atom is -0.314 e. The molecule has 3 atom stereocenters. The van der Waals surface area contributed by atoms with Crippen LogP contribution in [0, 0.1) is 11.8 Å². The first-order valence-corrected chi connectivity index (χ1v) is 6.97. The molecule has 1 heteroatoms. The largest absolute Gasteiger partial charge is 0.314 e. The zero-order chi connectivity index (χ0) is 11.1. The third-order valence-corrected chi connectivity index (χ3v) is 4.02. The van der Waals surface area contributed by atoms with Gasteiger partial charge in [-0.15, -0.1) is 0 Å². The van der Waals surface area contributed by atoms with Gasteiger partial charge in [0.25, 0.3) is 0 Å². The SMILES string of the molecule is CCC1NCCCCCC(C)CCC1C. The predicted octanol–water partition coefficient (Wildman–Crippen LogP) is 3.98. The van der Waals surface area contributed by atoms with Crippen molar-refractivity contribution in [3.8, 4) is 0 Å². The topological polar surface area (TPSA) is 12.0 Å². The van der Waals surface area contributed by atoms with Gasteiger partial charge in [0.15, 0.2) is 0 Å². The summed E-state index contributed by atoms with van der Waals surface area (Å²) in [5.74, 6) is 1.80. The molecule has 0 aromatic heterocycles. The van der Waals surface area contributed by atoms with Gasteiger partial charge in [-0.05, 0) is 37.6 Å². The summed E-state index contributed by atoms with van der Waals surface area (Å²) in [4.78, 5) is 0. The number of hydrogen-bond acceptors (Lipinski definition) is 1. The second-order valence-electron chi connectivity index (χ2n) is 5.48. The lowest BCUT2D eigenvalue weighted by atomic mass is 9.90. The minimum absolute atomic E-state index is 0.760. The third-order valence-electron chi connectivity index (χ3n) is 4.02. The maximum absolute atomic E-state index is 3.73. The summed E-state index contributed by atoms with van der Waals surface area (Å²) in [7, 11) is 0. The average molecular weight is 211 g/mol. The van der Waals surface area contributed by atoms with E-state index in [9.17, 15) is 0 Å². The van der Waals surface area contributed by atoms with E-state index in [4.69, 9.17) is 0 Å². The summed E-state index contributed by atoms with van der Waals surface area (Å²) in [5, 5.41) is 3.73. The first-order chi connectivity index (χ1) is 7.24. The van der Waals surface area contributed by atoms with E-state index in [2.05, 4.69) is 26.1 Å². The zero-order valence-corrected chi connectivity index (χ0v) is 10.9. The lowest BCUT2D eigenvalue weighted by Gasteiger charge is -2.24. The Bertz CT molecular complexity index is 155. The summed E-state index contributed by atoms with van der Waals surface area (Å²) in [5.41, 5.74) is 0. The van der Waals surface area contributed by atoms with Crippen molar-refractivity contribution in [1.29, 1.82) is 0 Å². The van der Waals surface area contributed by atoms with Gasteiger partial charge in [-0.1, -0.05) is 46.5 Å². The molecule has 1 rings (SSSR count). The molecule has 0 aliphatic carbocycles. The van der Waals surface area contributed by atoms with E-state index >= 15 is 0 Å². The van der Waals surface area contributed by atoms with Gasteiger partial charge in [-0.25, -0.2) is 0 Å². The van der Waals surface area contributed by atoms with E-state index in [1.807, 2.05) is 0 Å². The smallest absolute Gasteiger partial charge is 0.00900 e. The fourth-order valence-corrected chi connectivity index (χ4v) is 2.72. The Morgan fingerprint density at radius 1 is 1.00 bits per heavy atom. The first kappa shape index (κ1) is 13.0. The lowest BCUT2D eigenvalue weighted by Crippen LogP contribution is -2.35. The number of nitrogens with one attached hydrogen (secondary N) is 1. The maximum atomic E-state index is 3.73. The second kappa shape index (κ2) is 7.27. The monoisotopic (exact) mass is 211 g/mol. The molecular formula is C14H29N. The van der Waals surface area contributed by atoms with Crippen LogP contribution in [0.15, 0.2) is 0 Å². The molecule has 0 radical (unpaired) electrons. The van der Waals surface area contributed by atoms with Gasteiger partial charge < -0.3 is 5.32 Å². The van der Waals surface area contributed by atoms with E-state index < -0.39 is 0 Å². The number of rotatable bonds is 1. The molecule has 1 aliphatic rings. The fourth-order valence-electron chi connectivity index (χ4n) is 2.72.